The van der Waals surface area contributed by atoms with E-state index in [-0.39, 0.29) is 10.8 Å². The smallest absolute Gasteiger partial charge is 0.159 e. The maximum absolute atomic E-state index is 7.10. The van der Waals surface area contributed by atoms with Crippen molar-refractivity contribution in [3.8, 4) is 0 Å². The van der Waals surface area contributed by atoms with Gasteiger partial charge in [0.2, 0.25) is 0 Å². The van der Waals surface area contributed by atoms with Crippen LogP contribution in [0.5, 0.6) is 0 Å². The third kappa shape index (κ3) is 6.02. The van der Waals surface area contributed by atoms with Gasteiger partial charge in [0.15, 0.2) is 11.2 Å². The minimum Gasteiger partial charge on any atom is -0.454 e. The van der Waals surface area contributed by atoms with Gasteiger partial charge < -0.3 is 27.4 Å². The summed E-state index contributed by atoms with van der Waals surface area (Å²) in [7, 11) is 0. The van der Waals surface area contributed by atoms with Crippen molar-refractivity contribution < 1.29 is 8.83 Å². The second-order valence-electron chi connectivity index (χ2n) is 24.0. The van der Waals surface area contributed by atoms with Crippen LogP contribution in [0.4, 0.5) is 34.1 Å². The maximum atomic E-state index is 7.10. The van der Waals surface area contributed by atoms with Gasteiger partial charge in [-0.15, -0.1) is 0 Å². The third-order valence-electron chi connectivity index (χ3n) is 17.4. The molecule has 0 unspecified atom stereocenters. The standard InChI is InChI=1S/C74H54N4O2/c1-73(2,3)55-33-15-27-47-49-29-17-39-61(71(49)79-69(47)55)75(43-21-9-7-10-22-43)57-35-19-37-59-65(57)51-31-13-25-45-53-42-64-54(41-63(53)77(59)67(45)51)46-26-14-32-52-66-58(36-20-38-60(66)78(64)68(46)52)76(44-23-11-8-12-24-44)62-40-18-30-50-48-28-16-34-56(74(4,5)6)70(48)80-72(50)62/h7-42H,1-6H3. The molecule has 0 radical (unpaired) electrons. The summed E-state index contributed by atoms with van der Waals surface area (Å²) in [6, 6.07) is 80.2. The number of aromatic nitrogens is 2. The minimum atomic E-state index is -0.0923. The molecular weight excluding hydrogens is 977 g/mol. The van der Waals surface area contributed by atoms with Gasteiger partial charge in [-0.3, -0.25) is 0 Å². The zero-order valence-corrected chi connectivity index (χ0v) is 45.4. The largest absolute Gasteiger partial charge is 0.454 e. The number of anilines is 6. The van der Waals surface area contributed by atoms with E-state index in [1.807, 2.05) is 0 Å². The van der Waals surface area contributed by atoms with Gasteiger partial charge in [0.25, 0.3) is 0 Å². The van der Waals surface area contributed by atoms with E-state index in [0.29, 0.717) is 0 Å². The summed E-state index contributed by atoms with van der Waals surface area (Å²) in [5, 5.41) is 14.2. The molecule has 0 saturated heterocycles. The molecule has 17 rings (SSSR count). The molecule has 0 atom stereocenters. The van der Waals surface area contributed by atoms with Gasteiger partial charge in [0, 0.05) is 87.1 Å². The molecule has 0 saturated carbocycles. The molecule has 17 aromatic rings. The molecule has 0 N–H and O–H groups in total. The van der Waals surface area contributed by atoms with E-state index in [9.17, 15) is 0 Å². The van der Waals surface area contributed by atoms with Gasteiger partial charge >= 0.3 is 0 Å². The first-order valence-electron chi connectivity index (χ1n) is 27.9. The molecule has 0 amide bonds. The Kier molecular flexibility index (Phi) is 9.01. The third-order valence-corrected chi connectivity index (χ3v) is 17.4. The lowest BCUT2D eigenvalue weighted by atomic mass is 9.86. The first-order valence-corrected chi connectivity index (χ1v) is 27.9. The summed E-state index contributed by atoms with van der Waals surface area (Å²) in [5.41, 5.74) is 19.4. The molecule has 0 spiro atoms. The molecular formula is C74H54N4O2. The van der Waals surface area contributed by atoms with E-state index in [1.165, 1.54) is 76.3 Å². The van der Waals surface area contributed by atoms with Crippen LogP contribution >= 0.6 is 0 Å². The van der Waals surface area contributed by atoms with Crippen molar-refractivity contribution >= 4 is 154 Å². The van der Waals surface area contributed by atoms with E-state index in [4.69, 9.17) is 8.83 Å². The Morgan fingerprint density at radius 2 is 0.625 bits per heavy atom. The zero-order valence-electron chi connectivity index (χ0n) is 45.4. The predicted molar refractivity (Wildman–Crippen MR) is 337 cm³/mol. The number of fused-ring (bicyclic) bond motifs is 18. The summed E-state index contributed by atoms with van der Waals surface area (Å²) in [6.45, 7) is 13.6. The van der Waals surface area contributed by atoms with E-state index < -0.39 is 0 Å². The molecule has 0 bridgehead atoms. The second-order valence-corrected chi connectivity index (χ2v) is 24.0. The number of hydrogen-bond acceptors (Lipinski definition) is 4. The van der Waals surface area contributed by atoms with Gasteiger partial charge in [-0.05, 0) is 83.6 Å². The quantitative estimate of drug-likeness (QED) is 0.166. The number of hydrogen-bond donors (Lipinski definition) is 0. The average molecular weight is 1030 g/mol. The summed E-state index contributed by atoms with van der Waals surface area (Å²) < 4.78 is 19.3. The molecule has 6 nitrogen and oxygen atoms in total. The highest BCUT2D eigenvalue weighted by Crippen LogP contribution is 2.53. The molecule has 6 aromatic heterocycles. The van der Waals surface area contributed by atoms with Crippen LogP contribution < -0.4 is 9.80 Å². The number of benzene rings is 11. The van der Waals surface area contributed by atoms with Crippen molar-refractivity contribution in [1.29, 1.82) is 0 Å². The maximum Gasteiger partial charge on any atom is 0.159 e. The number of nitrogens with zero attached hydrogens (tertiary/aromatic N) is 4. The Bertz CT molecular complexity index is 5050. The van der Waals surface area contributed by atoms with Crippen LogP contribution in [-0.4, -0.2) is 8.80 Å². The lowest BCUT2D eigenvalue weighted by Crippen LogP contribution is -2.11. The second kappa shape index (κ2) is 15.9. The highest BCUT2D eigenvalue weighted by molar-refractivity contribution is 6.31. The molecule has 382 valence electrons. The Balaban J connectivity index is 0.900. The Labute approximate surface area is 461 Å². The monoisotopic (exact) mass is 1030 g/mol. The van der Waals surface area contributed by atoms with Crippen molar-refractivity contribution in [3.05, 3.63) is 230 Å². The van der Waals surface area contributed by atoms with E-state index in [0.717, 1.165) is 89.0 Å². The molecule has 6 heteroatoms. The van der Waals surface area contributed by atoms with Crippen molar-refractivity contribution in [2.75, 3.05) is 9.80 Å². The number of para-hydroxylation sites is 8. The fourth-order valence-corrected chi connectivity index (χ4v) is 14.0. The lowest BCUT2D eigenvalue weighted by molar-refractivity contribution is 0.572. The molecule has 0 aliphatic carbocycles. The molecule has 80 heavy (non-hydrogen) atoms. The fraction of sp³-hybridized carbons (Fsp3) is 0.108. The molecule has 0 fully saturated rings. The van der Waals surface area contributed by atoms with Gasteiger partial charge in [-0.2, -0.15) is 0 Å². The van der Waals surface area contributed by atoms with Crippen LogP contribution in [0.2, 0.25) is 0 Å². The van der Waals surface area contributed by atoms with Crippen molar-refractivity contribution in [1.82, 2.24) is 8.80 Å². The summed E-state index contributed by atoms with van der Waals surface area (Å²) in [6.07, 6.45) is 0. The Hall–Kier alpha value is -9.78. The Morgan fingerprint density at radius 3 is 1.04 bits per heavy atom. The van der Waals surface area contributed by atoms with Gasteiger partial charge in [-0.25, -0.2) is 0 Å². The first-order chi connectivity index (χ1) is 39.0. The first kappa shape index (κ1) is 45.3. The number of rotatable bonds is 6. The molecule has 6 heterocycles. The van der Waals surface area contributed by atoms with Crippen LogP contribution in [0, 0.1) is 0 Å². The average Bonchev–Trinajstić information content (AvgIpc) is 3.88. The van der Waals surface area contributed by atoms with Crippen LogP contribution in [0.15, 0.2) is 227 Å². The Morgan fingerprint density at radius 1 is 0.287 bits per heavy atom. The fourth-order valence-electron chi connectivity index (χ4n) is 14.0. The van der Waals surface area contributed by atoms with Crippen LogP contribution in [0.3, 0.4) is 0 Å². The van der Waals surface area contributed by atoms with Crippen molar-refractivity contribution in [2.45, 2.75) is 52.4 Å². The summed E-state index contributed by atoms with van der Waals surface area (Å²) in [4.78, 5) is 4.83. The summed E-state index contributed by atoms with van der Waals surface area (Å²) in [5.74, 6) is 0. The highest BCUT2D eigenvalue weighted by Gasteiger charge is 2.30. The van der Waals surface area contributed by atoms with E-state index in [1.54, 1.807) is 0 Å². The van der Waals surface area contributed by atoms with E-state index in [2.05, 4.69) is 279 Å². The molecule has 0 aliphatic heterocycles. The molecule has 0 aliphatic rings. The normalized spacial score (nSPS) is 12.9. The highest BCUT2D eigenvalue weighted by atomic mass is 16.3. The van der Waals surface area contributed by atoms with Gasteiger partial charge in [-0.1, -0.05) is 187 Å². The SMILES string of the molecule is CC(C)(C)c1cccc2c1oc1c(N(c3ccccc3)c3cccc4c3c3cccc5c6cc7c(cc6n4c53)c3cccc4c5c(N(c6ccccc6)c6cccc8c6oc6c(C(C)(C)C)cccc68)cccc5n7c34)cccc12. The van der Waals surface area contributed by atoms with Gasteiger partial charge in [0.05, 0.1) is 55.8 Å². The zero-order chi connectivity index (χ0) is 53.5. The number of furan rings is 2. The topological polar surface area (TPSA) is 41.6 Å². The van der Waals surface area contributed by atoms with Crippen LogP contribution in [0.1, 0.15) is 52.7 Å². The minimum absolute atomic E-state index is 0.0923. The van der Waals surface area contributed by atoms with E-state index >= 15 is 0 Å². The summed E-state index contributed by atoms with van der Waals surface area (Å²) >= 11 is 0. The van der Waals surface area contributed by atoms with Crippen LogP contribution in [0.25, 0.3) is 120 Å². The molecule has 11 aromatic carbocycles. The lowest BCUT2D eigenvalue weighted by Gasteiger charge is -2.26. The predicted octanol–water partition coefficient (Wildman–Crippen LogP) is 21.3. The van der Waals surface area contributed by atoms with Crippen molar-refractivity contribution in [3.63, 3.8) is 0 Å². The van der Waals surface area contributed by atoms with Gasteiger partial charge in [0.1, 0.15) is 11.2 Å². The van der Waals surface area contributed by atoms with Crippen molar-refractivity contribution in [2.24, 2.45) is 0 Å². The van der Waals surface area contributed by atoms with Crippen LogP contribution in [-0.2, 0) is 10.8 Å².